The number of carbonyl (C=O) groups is 3. The Labute approximate surface area is 187 Å². The highest BCUT2D eigenvalue weighted by Crippen LogP contribution is 2.18. The van der Waals surface area contributed by atoms with Gasteiger partial charge in [0.05, 0.1) is 18.6 Å². The van der Waals surface area contributed by atoms with E-state index in [1.54, 1.807) is 36.6 Å². The number of carboxylic acids is 1. The molecular weight excluding hydrogens is 410 g/mol. The van der Waals surface area contributed by atoms with Gasteiger partial charge in [-0.1, -0.05) is 18.6 Å². The molecule has 0 spiro atoms. The van der Waals surface area contributed by atoms with E-state index in [1.807, 2.05) is 6.07 Å². The minimum absolute atomic E-state index is 0.0996. The molecule has 0 saturated carbocycles. The maximum atomic E-state index is 12.6. The summed E-state index contributed by atoms with van der Waals surface area (Å²) in [6.45, 7) is 0.843. The van der Waals surface area contributed by atoms with E-state index in [9.17, 15) is 14.4 Å². The average molecular weight is 440 g/mol. The number of dihydropyridines is 1. The van der Waals surface area contributed by atoms with Gasteiger partial charge >= 0.3 is 5.97 Å². The zero-order chi connectivity index (χ0) is 22.8. The van der Waals surface area contributed by atoms with Crippen molar-refractivity contribution in [2.45, 2.75) is 44.1 Å². The van der Waals surface area contributed by atoms with E-state index in [4.69, 9.17) is 5.11 Å². The molecule has 2 aliphatic rings. The first-order chi connectivity index (χ1) is 15.5. The average Bonchev–Trinajstić information content (AvgIpc) is 3.06. The molecule has 2 heterocycles. The van der Waals surface area contributed by atoms with Gasteiger partial charge in [0.25, 0.3) is 5.91 Å². The van der Waals surface area contributed by atoms with Crippen LogP contribution in [-0.4, -0.2) is 60.1 Å². The van der Waals surface area contributed by atoms with Crippen LogP contribution in [0.25, 0.3) is 0 Å². The fourth-order valence-corrected chi connectivity index (χ4v) is 3.66. The van der Waals surface area contributed by atoms with Crippen LogP contribution in [0.3, 0.4) is 0 Å². The minimum Gasteiger partial charge on any atom is -0.481 e. The van der Waals surface area contributed by atoms with Gasteiger partial charge in [0.2, 0.25) is 5.91 Å². The number of aliphatic carboxylic acids is 1. The Morgan fingerprint density at radius 2 is 2.03 bits per heavy atom. The highest BCUT2D eigenvalue weighted by atomic mass is 16.4. The molecule has 2 amide bonds. The fourth-order valence-electron chi connectivity index (χ4n) is 3.66. The number of carboxylic acid groups (broad SMARTS) is 1. The van der Waals surface area contributed by atoms with Crippen LogP contribution in [0.5, 0.6) is 0 Å². The van der Waals surface area contributed by atoms with Crippen LogP contribution in [0.15, 0.2) is 46.4 Å². The molecule has 0 fully saturated rings. The molecular formula is C23H29N5O4. The van der Waals surface area contributed by atoms with Gasteiger partial charge in [-0.3, -0.25) is 24.4 Å². The SMILES string of the molecule is O=C(O)CCC1(NC(=O)CNC(=O)c2cccc(NC3=NCCCCC3)c2)C=CC=NC1. The summed E-state index contributed by atoms with van der Waals surface area (Å²) in [4.78, 5) is 44.7. The van der Waals surface area contributed by atoms with Gasteiger partial charge in [-0.2, -0.15) is 0 Å². The largest absolute Gasteiger partial charge is 0.481 e. The number of carbonyl (C=O) groups excluding carboxylic acids is 2. The number of anilines is 1. The Bertz CT molecular complexity index is 940. The quantitative estimate of drug-likeness (QED) is 0.493. The molecule has 170 valence electrons. The standard InChI is InChI=1S/C23H29N5O4/c29-20(28-23(11-9-21(30)31)10-5-12-24-16-23)15-26-22(32)17-6-4-7-18(14-17)27-19-8-2-1-3-13-25-19/h4-7,10,12,14H,1-3,8-9,11,13,15-16H2,(H,25,27)(H,26,32)(H,28,29)(H,30,31). The summed E-state index contributed by atoms with van der Waals surface area (Å²) >= 11 is 0. The van der Waals surface area contributed by atoms with Crippen molar-refractivity contribution in [3.8, 4) is 0 Å². The van der Waals surface area contributed by atoms with Crippen molar-refractivity contribution in [1.82, 2.24) is 10.6 Å². The Balaban J connectivity index is 1.54. The molecule has 0 saturated heterocycles. The molecule has 0 aromatic heterocycles. The second-order valence-electron chi connectivity index (χ2n) is 7.97. The fraction of sp³-hybridized carbons (Fsp3) is 0.435. The van der Waals surface area contributed by atoms with E-state index in [0.717, 1.165) is 37.3 Å². The Kier molecular flexibility index (Phi) is 8.13. The molecule has 32 heavy (non-hydrogen) atoms. The molecule has 0 radical (unpaired) electrons. The monoisotopic (exact) mass is 439 g/mol. The van der Waals surface area contributed by atoms with Gasteiger partial charge in [-0.05, 0) is 43.5 Å². The van der Waals surface area contributed by atoms with Crippen molar-refractivity contribution in [2.75, 3.05) is 25.0 Å². The number of nitrogens with zero attached hydrogens (tertiary/aromatic N) is 2. The number of benzene rings is 1. The highest BCUT2D eigenvalue weighted by Gasteiger charge is 2.30. The van der Waals surface area contributed by atoms with Crippen LogP contribution in [0, 0.1) is 0 Å². The van der Waals surface area contributed by atoms with E-state index in [1.165, 1.54) is 6.42 Å². The molecule has 1 unspecified atom stereocenters. The Hall–Kier alpha value is -3.49. The normalized spacial score (nSPS) is 20.1. The van der Waals surface area contributed by atoms with Crippen LogP contribution in [0.4, 0.5) is 5.69 Å². The van der Waals surface area contributed by atoms with E-state index >= 15 is 0 Å². The third-order valence-corrected chi connectivity index (χ3v) is 5.35. The molecule has 1 aromatic carbocycles. The summed E-state index contributed by atoms with van der Waals surface area (Å²) in [7, 11) is 0. The molecule has 9 heteroatoms. The smallest absolute Gasteiger partial charge is 0.303 e. The van der Waals surface area contributed by atoms with Crippen molar-refractivity contribution in [2.24, 2.45) is 9.98 Å². The number of rotatable bonds is 8. The van der Waals surface area contributed by atoms with Crippen molar-refractivity contribution in [1.29, 1.82) is 0 Å². The Morgan fingerprint density at radius 3 is 2.81 bits per heavy atom. The van der Waals surface area contributed by atoms with Gasteiger partial charge in [-0.15, -0.1) is 0 Å². The zero-order valence-corrected chi connectivity index (χ0v) is 18.0. The molecule has 4 N–H and O–H groups in total. The Morgan fingerprint density at radius 1 is 1.16 bits per heavy atom. The molecule has 0 bridgehead atoms. The molecule has 9 nitrogen and oxygen atoms in total. The third-order valence-electron chi connectivity index (χ3n) is 5.35. The van der Waals surface area contributed by atoms with Crippen molar-refractivity contribution < 1.29 is 19.5 Å². The molecule has 0 aliphatic carbocycles. The first-order valence-corrected chi connectivity index (χ1v) is 10.8. The summed E-state index contributed by atoms with van der Waals surface area (Å²) in [5.41, 5.74) is 0.346. The lowest BCUT2D eigenvalue weighted by molar-refractivity contribution is -0.137. The number of hydrogen-bond acceptors (Lipinski definition) is 6. The number of amides is 2. The van der Waals surface area contributed by atoms with Crippen molar-refractivity contribution >= 4 is 35.5 Å². The number of amidine groups is 1. The summed E-state index contributed by atoms with van der Waals surface area (Å²) in [5.74, 6) is -0.802. The van der Waals surface area contributed by atoms with Crippen LogP contribution < -0.4 is 16.0 Å². The van der Waals surface area contributed by atoms with Gasteiger partial charge in [-0.25, -0.2) is 0 Å². The number of nitrogens with one attached hydrogen (secondary N) is 3. The first-order valence-electron chi connectivity index (χ1n) is 10.8. The lowest BCUT2D eigenvalue weighted by Gasteiger charge is -2.31. The lowest BCUT2D eigenvalue weighted by Crippen LogP contribution is -2.53. The van der Waals surface area contributed by atoms with Gasteiger partial charge in [0.1, 0.15) is 5.84 Å². The molecule has 1 atom stereocenters. The maximum absolute atomic E-state index is 12.6. The van der Waals surface area contributed by atoms with Gasteiger partial charge < -0.3 is 21.1 Å². The minimum atomic E-state index is -0.946. The van der Waals surface area contributed by atoms with Crippen molar-refractivity contribution in [3.63, 3.8) is 0 Å². The number of allylic oxidation sites excluding steroid dienone is 1. The molecule has 2 aliphatic heterocycles. The summed E-state index contributed by atoms with van der Waals surface area (Å²) in [6.07, 6.45) is 9.39. The van der Waals surface area contributed by atoms with E-state index < -0.39 is 17.4 Å². The second kappa shape index (κ2) is 11.2. The molecule has 3 rings (SSSR count). The zero-order valence-electron chi connectivity index (χ0n) is 18.0. The van der Waals surface area contributed by atoms with Crippen molar-refractivity contribution in [3.05, 3.63) is 42.0 Å². The highest BCUT2D eigenvalue weighted by molar-refractivity contribution is 6.00. The van der Waals surface area contributed by atoms with Gasteiger partial charge in [0.15, 0.2) is 0 Å². The summed E-state index contributed by atoms with van der Waals surface area (Å²) in [5, 5.41) is 17.7. The predicted octanol–water partition coefficient (Wildman–Crippen LogP) is 2.16. The summed E-state index contributed by atoms with van der Waals surface area (Å²) in [6, 6.07) is 7.06. The first kappa shape index (κ1) is 23.2. The van der Waals surface area contributed by atoms with Crippen LogP contribution >= 0.6 is 0 Å². The summed E-state index contributed by atoms with van der Waals surface area (Å²) < 4.78 is 0. The third kappa shape index (κ3) is 7.04. The van der Waals surface area contributed by atoms with E-state index in [2.05, 4.69) is 25.9 Å². The topological polar surface area (TPSA) is 132 Å². The van der Waals surface area contributed by atoms with Crippen LogP contribution in [-0.2, 0) is 9.59 Å². The van der Waals surface area contributed by atoms with E-state index in [-0.39, 0.29) is 31.8 Å². The second-order valence-corrected chi connectivity index (χ2v) is 7.97. The number of hydrogen-bond donors (Lipinski definition) is 4. The van der Waals surface area contributed by atoms with Crippen LogP contribution in [0.2, 0.25) is 0 Å². The van der Waals surface area contributed by atoms with Gasteiger partial charge in [0, 0.05) is 36.9 Å². The van der Waals surface area contributed by atoms with Crippen LogP contribution in [0.1, 0.15) is 48.9 Å². The number of aliphatic imine (C=N–C) groups is 2. The molecule has 1 aromatic rings. The lowest BCUT2D eigenvalue weighted by atomic mass is 9.91. The predicted molar refractivity (Wildman–Crippen MR) is 123 cm³/mol. The van der Waals surface area contributed by atoms with E-state index in [0.29, 0.717) is 5.56 Å². The maximum Gasteiger partial charge on any atom is 0.303 e.